The molecule has 0 spiro atoms. The van der Waals surface area contributed by atoms with Crippen molar-refractivity contribution in [3.63, 3.8) is 0 Å². The van der Waals surface area contributed by atoms with Crippen molar-refractivity contribution in [2.75, 3.05) is 20.7 Å². The van der Waals surface area contributed by atoms with E-state index >= 15 is 0 Å². The van der Waals surface area contributed by atoms with Crippen molar-refractivity contribution in [1.82, 2.24) is 10.2 Å². The molecule has 0 amide bonds. The number of nitrogens with zero attached hydrogens (tertiary/aromatic N) is 1. The number of hydrogen-bond donors (Lipinski definition) is 1. The number of benzene rings is 1. The number of piperidine rings is 1. The fraction of sp³-hybridized carbons (Fsp3) is 0.667. The van der Waals surface area contributed by atoms with Gasteiger partial charge >= 0.3 is 0 Å². The van der Waals surface area contributed by atoms with Crippen molar-refractivity contribution in [3.8, 4) is 5.75 Å². The van der Waals surface area contributed by atoms with E-state index in [9.17, 15) is 0 Å². The van der Waals surface area contributed by atoms with Crippen LogP contribution in [0.4, 0.5) is 0 Å². The summed E-state index contributed by atoms with van der Waals surface area (Å²) in [6, 6.07) is 8.23. The fourth-order valence-corrected chi connectivity index (χ4v) is 4.22. The molecule has 1 fully saturated rings. The molecule has 3 rings (SSSR count). The number of likely N-dealkylation sites (N-methyl/N-ethyl adjacent to an activating group) is 1. The second-order valence-corrected chi connectivity index (χ2v) is 6.70. The highest BCUT2D eigenvalue weighted by Crippen LogP contribution is 2.39. The summed E-state index contributed by atoms with van der Waals surface area (Å²) in [6.07, 6.45) is 3.86. The van der Waals surface area contributed by atoms with E-state index in [2.05, 4.69) is 49.3 Å². The molecule has 0 aromatic heterocycles. The number of hydrogen-bond acceptors (Lipinski definition) is 3. The molecule has 2 aliphatic rings. The summed E-state index contributed by atoms with van der Waals surface area (Å²) in [6.45, 7) is 6.04. The van der Waals surface area contributed by atoms with Crippen LogP contribution in [0.5, 0.6) is 5.75 Å². The zero-order valence-corrected chi connectivity index (χ0v) is 13.7. The molecule has 3 heteroatoms. The third kappa shape index (κ3) is 2.58. The van der Waals surface area contributed by atoms with Crippen LogP contribution in [-0.2, 0) is 6.42 Å². The maximum absolute atomic E-state index is 5.41. The molecule has 21 heavy (non-hydrogen) atoms. The van der Waals surface area contributed by atoms with Crippen LogP contribution < -0.4 is 10.1 Å². The van der Waals surface area contributed by atoms with Crippen LogP contribution in [0.25, 0.3) is 0 Å². The minimum Gasteiger partial charge on any atom is -0.497 e. The Morgan fingerprint density at radius 3 is 2.81 bits per heavy atom. The molecule has 4 atom stereocenters. The van der Waals surface area contributed by atoms with Gasteiger partial charge in [-0.05, 0) is 69.0 Å². The molecule has 116 valence electrons. The number of nitrogens with one attached hydrogen (secondary N) is 1. The fourth-order valence-electron chi connectivity index (χ4n) is 4.22. The molecule has 1 N–H and O–H groups in total. The average Bonchev–Trinajstić information content (AvgIpc) is 2.87. The summed E-state index contributed by atoms with van der Waals surface area (Å²) in [5.74, 6) is 1.77. The molecule has 1 saturated heterocycles. The lowest BCUT2D eigenvalue weighted by atomic mass is 9.89. The Labute approximate surface area is 128 Å². The van der Waals surface area contributed by atoms with Crippen LogP contribution in [-0.4, -0.2) is 37.7 Å². The SMILES string of the molecule is CNC1c2cc(OC)ccc2CC1N1CCCC(C)C1C. The standard InChI is InChI=1S/C18H28N2O/c1-12-6-5-9-20(13(12)2)17-10-14-7-8-15(21-4)11-16(14)18(17)19-3/h7-8,11-13,17-19H,5-6,9-10H2,1-4H3. The van der Waals surface area contributed by atoms with E-state index in [0.29, 0.717) is 18.1 Å². The van der Waals surface area contributed by atoms with Gasteiger partial charge in [-0.3, -0.25) is 4.90 Å². The van der Waals surface area contributed by atoms with Crippen molar-refractivity contribution in [2.45, 2.75) is 51.2 Å². The number of methoxy groups -OCH3 is 1. The Balaban J connectivity index is 1.88. The summed E-state index contributed by atoms with van der Waals surface area (Å²) in [4.78, 5) is 2.74. The van der Waals surface area contributed by atoms with Crippen LogP contribution in [0.1, 0.15) is 43.9 Å². The molecule has 1 aliphatic carbocycles. The molecule has 4 unspecified atom stereocenters. The van der Waals surface area contributed by atoms with Crippen molar-refractivity contribution < 1.29 is 4.74 Å². The molecule has 0 bridgehead atoms. The van der Waals surface area contributed by atoms with Gasteiger partial charge in [0.05, 0.1) is 7.11 Å². The predicted octanol–water partition coefficient (Wildman–Crippen LogP) is 3.00. The highest BCUT2D eigenvalue weighted by Gasteiger charge is 2.39. The smallest absolute Gasteiger partial charge is 0.119 e. The second kappa shape index (κ2) is 5.98. The first-order valence-corrected chi connectivity index (χ1v) is 8.25. The normalized spacial score (nSPS) is 33.0. The number of likely N-dealkylation sites (tertiary alicyclic amines) is 1. The second-order valence-electron chi connectivity index (χ2n) is 6.70. The Hall–Kier alpha value is -1.06. The maximum atomic E-state index is 5.41. The topological polar surface area (TPSA) is 24.5 Å². The molecule has 3 nitrogen and oxygen atoms in total. The molecule has 1 aliphatic heterocycles. The minimum absolute atomic E-state index is 0.419. The van der Waals surface area contributed by atoms with Crippen molar-refractivity contribution in [1.29, 1.82) is 0 Å². The van der Waals surface area contributed by atoms with E-state index in [1.165, 1.54) is 30.5 Å². The van der Waals surface area contributed by atoms with E-state index in [4.69, 9.17) is 4.74 Å². The summed E-state index contributed by atoms with van der Waals surface area (Å²) in [7, 11) is 3.83. The maximum Gasteiger partial charge on any atom is 0.119 e. The summed E-state index contributed by atoms with van der Waals surface area (Å²) < 4.78 is 5.41. The van der Waals surface area contributed by atoms with Crippen molar-refractivity contribution >= 4 is 0 Å². The summed E-state index contributed by atoms with van der Waals surface area (Å²) in [5, 5.41) is 3.56. The Kier molecular flexibility index (Phi) is 4.23. The highest BCUT2D eigenvalue weighted by atomic mass is 16.5. The van der Waals surface area contributed by atoms with E-state index in [1.807, 2.05) is 0 Å². The van der Waals surface area contributed by atoms with Crippen LogP contribution in [0, 0.1) is 5.92 Å². The molecule has 1 heterocycles. The zero-order chi connectivity index (χ0) is 15.0. The largest absolute Gasteiger partial charge is 0.497 e. The van der Waals surface area contributed by atoms with Gasteiger partial charge in [0.1, 0.15) is 5.75 Å². The Morgan fingerprint density at radius 2 is 2.10 bits per heavy atom. The van der Waals surface area contributed by atoms with E-state index in [-0.39, 0.29) is 0 Å². The highest BCUT2D eigenvalue weighted by molar-refractivity contribution is 5.43. The molecule has 0 saturated carbocycles. The molecular formula is C18H28N2O. The number of ether oxygens (including phenoxy) is 1. The van der Waals surface area contributed by atoms with Gasteiger partial charge in [0, 0.05) is 18.1 Å². The van der Waals surface area contributed by atoms with Crippen molar-refractivity contribution in [3.05, 3.63) is 29.3 Å². The third-order valence-electron chi connectivity index (χ3n) is 5.66. The Morgan fingerprint density at radius 1 is 1.29 bits per heavy atom. The lowest BCUT2D eigenvalue weighted by molar-refractivity contribution is 0.0563. The first kappa shape index (κ1) is 14.9. The summed E-state index contributed by atoms with van der Waals surface area (Å²) in [5.41, 5.74) is 2.90. The van der Waals surface area contributed by atoms with Crippen LogP contribution in [0.15, 0.2) is 18.2 Å². The number of rotatable bonds is 3. The first-order valence-electron chi connectivity index (χ1n) is 8.25. The van der Waals surface area contributed by atoms with Gasteiger partial charge in [-0.2, -0.15) is 0 Å². The molecule has 1 aromatic carbocycles. The van der Waals surface area contributed by atoms with E-state index in [1.54, 1.807) is 7.11 Å². The zero-order valence-electron chi connectivity index (χ0n) is 13.7. The van der Waals surface area contributed by atoms with Gasteiger partial charge in [0.2, 0.25) is 0 Å². The van der Waals surface area contributed by atoms with E-state index < -0.39 is 0 Å². The number of fused-ring (bicyclic) bond motifs is 1. The van der Waals surface area contributed by atoms with Crippen LogP contribution in [0.3, 0.4) is 0 Å². The molecule has 0 radical (unpaired) electrons. The predicted molar refractivity (Wildman–Crippen MR) is 86.9 cm³/mol. The lowest BCUT2D eigenvalue weighted by Crippen LogP contribution is -2.51. The Bertz CT molecular complexity index is 502. The van der Waals surface area contributed by atoms with Gasteiger partial charge in [-0.1, -0.05) is 13.0 Å². The van der Waals surface area contributed by atoms with Crippen molar-refractivity contribution in [2.24, 2.45) is 5.92 Å². The third-order valence-corrected chi connectivity index (χ3v) is 5.66. The average molecular weight is 288 g/mol. The summed E-state index contributed by atoms with van der Waals surface area (Å²) >= 11 is 0. The molecule has 1 aromatic rings. The minimum atomic E-state index is 0.419. The van der Waals surface area contributed by atoms with Gasteiger partial charge in [-0.25, -0.2) is 0 Å². The van der Waals surface area contributed by atoms with Gasteiger partial charge < -0.3 is 10.1 Å². The lowest BCUT2D eigenvalue weighted by Gasteiger charge is -2.43. The quantitative estimate of drug-likeness (QED) is 0.925. The van der Waals surface area contributed by atoms with Gasteiger partial charge in [0.25, 0.3) is 0 Å². The van der Waals surface area contributed by atoms with Gasteiger partial charge in [0.15, 0.2) is 0 Å². The molecular weight excluding hydrogens is 260 g/mol. The van der Waals surface area contributed by atoms with E-state index in [0.717, 1.165) is 18.1 Å². The van der Waals surface area contributed by atoms with Crippen LogP contribution >= 0.6 is 0 Å². The van der Waals surface area contributed by atoms with Gasteiger partial charge in [-0.15, -0.1) is 0 Å². The van der Waals surface area contributed by atoms with Crippen LogP contribution in [0.2, 0.25) is 0 Å². The monoisotopic (exact) mass is 288 g/mol. The first-order chi connectivity index (χ1) is 10.2.